The third-order valence-corrected chi connectivity index (χ3v) is 3.76. The molecule has 0 aliphatic rings. The molecule has 3 N–H and O–H groups in total. The van der Waals surface area contributed by atoms with Crippen LogP contribution >= 0.6 is 15.9 Å². The van der Waals surface area contributed by atoms with Crippen LogP contribution < -0.4 is 5.73 Å². The molecule has 0 unspecified atom stereocenters. The van der Waals surface area contributed by atoms with Gasteiger partial charge in [-0.25, -0.2) is 4.98 Å². The number of rotatable bonds is 4. The van der Waals surface area contributed by atoms with Crippen molar-refractivity contribution in [3.05, 3.63) is 40.3 Å². The molecule has 1 aromatic heterocycles. The predicted molar refractivity (Wildman–Crippen MR) is 83.0 cm³/mol. The maximum atomic E-state index is 6.01. The van der Waals surface area contributed by atoms with E-state index in [2.05, 4.69) is 33.9 Å². The maximum Gasteiger partial charge on any atom is 0.107 e. The van der Waals surface area contributed by atoms with Crippen molar-refractivity contribution in [1.29, 1.82) is 0 Å². The van der Waals surface area contributed by atoms with Crippen LogP contribution in [0.4, 0.5) is 0 Å². The SMILES string of the molecule is Cc1[nH]c(CCC(C)(C)N)nc1-c1ccccc1Br. The van der Waals surface area contributed by atoms with Crippen molar-refractivity contribution in [2.45, 2.75) is 39.2 Å². The Morgan fingerprint density at radius 2 is 2.00 bits per heavy atom. The molecule has 4 heteroatoms. The van der Waals surface area contributed by atoms with Gasteiger partial charge in [-0.15, -0.1) is 0 Å². The molecule has 2 aromatic rings. The zero-order valence-corrected chi connectivity index (χ0v) is 13.2. The van der Waals surface area contributed by atoms with E-state index in [1.807, 2.05) is 32.0 Å². The largest absolute Gasteiger partial charge is 0.346 e. The van der Waals surface area contributed by atoms with Crippen LogP contribution in [-0.4, -0.2) is 15.5 Å². The fourth-order valence-corrected chi connectivity index (χ4v) is 2.47. The van der Waals surface area contributed by atoms with Crippen LogP contribution in [0.2, 0.25) is 0 Å². The molecule has 0 amide bonds. The summed E-state index contributed by atoms with van der Waals surface area (Å²) in [4.78, 5) is 8.06. The van der Waals surface area contributed by atoms with E-state index in [0.717, 1.165) is 40.1 Å². The molecule has 0 saturated heterocycles. The summed E-state index contributed by atoms with van der Waals surface area (Å²) in [5.74, 6) is 1.00. The lowest BCUT2D eigenvalue weighted by atomic mass is 10.0. The van der Waals surface area contributed by atoms with Crippen molar-refractivity contribution in [3.63, 3.8) is 0 Å². The van der Waals surface area contributed by atoms with Crippen LogP contribution in [0.5, 0.6) is 0 Å². The number of aryl methyl sites for hydroxylation is 2. The van der Waals surface area contributed by atoms with Gasteiger partial charge in [0.05, 0.1) is 5.69 Å². The summed E-state index contributed by atoms with van der Waals surface area (Å²) < 4.78 is 1.07. The zero-order chi connectivity index (χ0) is 14.0. The van der Waals surface area contributed by atoms with Gasteiger partial charge >= 0.3 is 0 Å². The summed E-state index contributed by atoms with van der Waals surface area (Å²) in [6, 6.07) is 8.14. The highest BCUT2D eigenvalue weighted by atomic mass is 79.9. The summed E-state index contributed by atoms with van der Waals surface area (Å²) in [6.45, 7) is 6.13. The summed E-state index contributed by atoms with van der Waals surface area (Å²) >= 11 is 3.57. The molecule has 0 bridgehead atoms. The van der Waals surface area contributed by atoms with Crippen LogP contribution in [0.15, 0.2) is 28.7 Å². The Morgan fingerprint density at radius 1 is 1.32 bits per heavy atom. The number of nitrogens with one attached hydrogen (secondary N) is 1. The smallest absolute Gasteiger partial charge is 0.107 e. The topological polar surface area (TPSA) is 54.7 Å². The first-order chi connectivity index (χ1) is 8.87. The van der Waals surface area contributed by atoms with E-state index in [0.29, 0.717) is 0 Å². The summed E-state index contributed by atoms with van der Waals surface area (Å²) in [6.07, 6.45) is 1.78. The molecule has 1 aromatic carbocycles. The molecular weight excluding hydrogens is 302 g/mol. The zero-order valence-electron chi connectivity index (χ0n) is 11.6. The van der Waals surface area contributed by atoms with Gasteiger partial charge in [-0.2, -0.15) is 0 Å². The molecule has 0 spiro atoms. The number of halogens is 1. The molecule has 19 heavy (non-hydrogen) atoms. The summed E-state index contributed by atoms with van der Waals surface area (Å²) in [7, 11) is 0. The van der Waals surface area contributed by atoms with Crippen molar-refractivity contribution in [1.82, 2.24) is 9.97 Å². The van der Waals surface area contributed by atoms with Gasteiger partial charge in [0.1, 0.15) is 5.82 Å². The average Bonchev–Trinajstić information content (AvgIpc) is 2.68. The number of aromatic amines is 1. The van der Waals surface area contributed by atoms with Crippen molar-refractivity contribution in [2.75, 3.05) is 0 Å². The lowest BCUT2D eigenvalue weighted by Crippen LogP contribution is -2.32. The molecule has 0 radical (unpaired) electrons. The van der Waals surface area contributed by atoms with Gasteiger partial charge in [0.25, 0.3) is 0 Å². The number of benzene rings is 1. The number of imidazole rings is 1. The minimum Gasteiger partial charge on any atom is -0.346 e. The standard InChI is InChI=1S/C15H20BrN3/c1-10-14(11-6-4-5-7-12(11)16)19-13(18-10)8-9-15(2,3)17/h4-7H,8-9,17H2,1-3H3,(H,18,19). The van der Waals surface area contributed by atoms with E-state index >= 15 is 0 Å². The van der Waals surface area contributed by atoms with Crippen molar-refractivity contribution < 1.29 is 0 Å². The van der Waals surface area contributed by atoms with E-state index in [1.54, 1.807) is 0 Å². The van der Waals surface area contributed by atoms with Crippen molar-refractivity contribution in [3.8, 4) is 11.3 Å². The Labute approximate surface area is 122 Å². The molecule has 0 saturated carbocycles. The predicted octanol–water partition coefficient (Wildman–Crippen LogP) is 3.82. The van der Waals surface area contributed by atoms with Gasteiger partial charge in [-0.05, 0) is 33.3 Å². The van der Waals surface area contributed by atoms with Crippen LogP contribution in [-0.2, 0) is 6.42 Å². The van der Waals surface area contributed by atoms with Gasteiger partial charge in [-0.3, -0.25) is 0 Å². The normalized spacial score (nSPS) is 11.8. The van der Waals surface area contributed by atoms with Gasteiger partial charge < -0.3 is 10.7 Å². The van der Waals surface area contributed by atoms with Crippen LogP contribution in [0.1, 0.15) is 31.8 Å². The highest BCUT2D eigenvalue weighted by Crippen LogP contribution is 2.29. The van der Waals surface area contributed by atoms with Crippen LogP contribution in [0.25, 0.3) is 11.3 Å². The van der Waals surface area contributed by atoms with Crippen LogP contribution in [0.3, 0.4) is 0 Å². The third kappa shape index (κ3) is 3.67. The number of hydrogen-bond acceptors (Lipinski definition) is 2. The number of nitrogens with two attached hydrogens (primary N) is 1. The van der Waals surface area contributed by atoms with Gasteiger partial charge in [-0.1, -0.05) is 34.1 Å². The molecule has 0 fully saturated rings. The minimum atomic E-state index is -0.159. The molecule has 0 aliphatic heterocycles. The highest BCUT2D eigenvalue weighted by molar-refractivity contribution is 9.10. The second-order valence-electron chi connectivity index (χ2n) is 5.63. The number of hydrogen-bond donors (Lipinski definition) is 2. The first-order valence-electron chi connectivity index (χ1n) is 6.46. The van der Waals surface area contributed by atoms with Gasteiger partial charge in [0.15, 0.2) is 0 Å². The van der Waals surface area contributed by atoms with E-state index < -0.39 is 0 Å². The van der Waals surface area contributed by atoms with Gasteiger partial charge in [0.2, 0.25) is 0 Å². The molecule has 1 heterocycles. The van der Waals surface area contributed by atoms with Crippen molar-refractivity contribution in [2.24, 2.45) is 5.73 Å². The second kappa shape index (κ2) is 5.47. The Hall–Kier alpha value is -1.13. The first kappa shape index (κ1) is 14.3. The molecule has 102 valence electrons. The molecule has 2 rings (SSSR count). The van der Waals surface area contributed by atoms with E-state index in [4.69, 9.17) is 10.7 Å². The Bertz CT molecular complexity index is 567. The fourth-order valence-electron chi connectivity index (χ4n) is 2.00. The maximum absolute atomic E-state index is 6.01. The fraction of sp³-hybridized carbons (Fsp3) is 0.400. The quantitative estimate of drug-likeness (QED) is 0.899. The average molecular weight is 322 g/mol. The second-order valence-corrected chi connectivity index (χ2v) is 6.48. The number of aromatic nitrogens is 2. The van der Waals surface area contributed by atoms with E-state index in [1.165, 1.54) is 0 Å². The third-order valence-electron chi connectivity index (χ3n) is 3.07. The number of nitrogens with zero attached hydrogens (tertiary/aromatic N) is 1. The summed E-state index contributed by atoms with van der Waals surface area (Å²) in [5.41, 5.74) is 9.08. The monoisotopic (exact) mass is 321 g/mol. The summed E-state index contributed by atoms with van der Waals surface area (Å²) in [5, 5.41) is 0. The molecule has 0 aliphatic carbocycles. The molecular formula is C15H20BrN3. The molecule has 0 atom stereocenters. The Morgan fingerprint density at radius 3 is 2.63 bits per heavy atom. The van der Waals surface area contributed by atoms with Crippen LogP contribution in [0, 0.1) is 6.92 Å². The van der Waals surface area contributed by atoms with E-state index in [-0.39, 0.29) is 5.54 Å². The highest BCUT2D eigenvalue weighted by Gasteiger charge is 2.15. The Kier molecular flexibility index (Phi) is 4.11. The lowest BCUT2D eigenvalue weighted by molar-refractivity contribution is 0.472. The Balaban J connectivity index is 2.25. The lowest BCUT2D eigenvalue weighted by Gasteiger charge is -2.16. The molecule has 3 nitrogen and oxygen atoms in total. The van der Waals surface area contributed by atoms with E-state index in [9.17, 15) is 0 Å². The first-order valence-corrected chi connectivity index (χ1v) is 7.25. The van der Waals surface area contributed by atoms with Gasteiger partial charge in [0, 0.05) is 27.7 Å². The number of H-pyrrole nitrogens is 1. The van der Waals surface area contributed by atoms with Crippen molar-refractivity contribution >= 4 is 15.9 Å². The minimum absolute atomic E-state index is 0.159.